The van der Waals surface area contributed by atoms with Crippen molar-refractivity contribution in [2.75, 3.05) is 0 Å². The van der Waals surface area contributed by atoms with Gasteiger partial charge in [-0.3, -0.25) is 9.59 Å². The van der Waals surface area contributed by atoms with Gasteiger partial charge in [-0.15, -0.1) is 0 Å². The predicted molar refractivity (Wildman–Crippen MR) is 50.2 cm³/mol. The molecule has 1 saturated carbocycles. The van der Waals surface area contributed by atoms with Crippen LogP contribution in [0.5, 0.6) is 0 Å². The van der Waals surface area contributed by atoms with Gasteiger partial charge in [-0.1, -0.05) is 13.8 Å². The van der Waals surface area contributed by atoms with Crippen LogP contribution in [0, 0.1) is 5.92 Å². The Bertz CT molecular complexity index is 209. The Morgan fingerprint density at radius 2 is 2.00 bits per heavy atom. The van der Waals surface area contributed by atoms with Gasteiger partial charge in [0.2, 0.25) is 5.91 Å². The zero-order chi connectivity index (χ0) is 9.84. The van der Waals surface area contributed by atoms with E-state index < -0.39 is 0 Å². The van der Waals surface area contributed by atoms with Crippen LogP contribution in [0.15, 0.2) is 0 Å². The third-order valence-electron chi connectivity index (χ3n) is 2.41. The Morgan fingerprint density at radius 3 is 2.38 bits per heavy atom. The van der Waals surface area contributed by atoms with Gasteiger partial charge >= 0.3 is 0 Å². The Labute approximate surface area is 78.9 Å². The largest absolute Gasteiger partial charge is 0.346 e. The van der Waals surface area contributed by atoms with Gasteiger partial charge in [0.05, 0.1) is 6.04 Å². The minimum Gasteiger partial charge on any atom is -0.346 e. The lowest BCUT2D eigenvalue weighted by atomic mass is 10.1. The van der Waals surface area contributed by atoms with Gasteiger partial charge in [0.15, 0.2) is 5.78 Å². The first-order valence-electron chi connectivity index (χ1n) is 5.02. The molecule has 0 aromatic carbocycles. The minimum absolute atomic E-state index is 0.0636. The molecule has 13 heavy (non-hydrogen) atoms. The van der Waals surface area contributed by atoms with Crippen LogP contribution in [0.4, 0.5) is 0 Å². The molecule has 0 saturated heterocycles. The van der Waals surface area contributed by atoms with Crippen molar-refractivity contribution in [1.82, 2.24) is 5.32 Å². The first-order chi connectivity index (χ1) is 6.19. The molecule has 0 aliphatic heterocycles. The molecule has 1 unspecified atom stereocenters. The summed E-state index contributed by atoms with van der Waals surface area (Å²) in [4.78, 5) is 22.6. The van der Waals surface area contributed by atoms with E-state index in [0.29, 0.717) is 12.8 Å². The normalized spacial score (nSPS) is 18.0. The Hall–Kier alpha value is -0.860. The first kappa shape index (κ1) is 10.2. The number of amides is 1. The lowest BCUT2D eigenvalue weighted by molar-refractivity contribution is -0.128. The molecule has 1 amide bonds. The van der Waals surface area contributed by atoms with Gasteiger partial charge in [-0.25, -0.2) is 0 Å². The lowest BCUT2D eigenvalue weighted by Gasteiger charge is -2.14. The van der Waals surface area contributed by atoms with Crippen LogP contribution in [-0.4, -0.2) is 17.7 Å². The van der Waals surface area contributed by atoms with Crippen LogP contribution in [0.3, 0.4) is 0 Å². The number of hydrogen-bond acceptors (Lipinski definition) is 2. The summed E-state index contributed by atoms with van der Waals surface area (Å²) < 4.78 is 0. The molecule has 1 atom stereocenters. The zero-order valence-electron chi connectivity index (χ0n) is 8.30. The Morgan fingerprint density at radius 1 is 1.38 bits per heavy atom. The maximum atomic E-state index is 11.3. The topological polar surface area (TPSA) is 46.2 Å². The fourth-order valence-electron chi connectivity index (χ4n) is 1.29. The molecule has 74 valence electrons. The van der Waals surface area contributed by atoms with Crippen LogP contribution in [0.2, 0.25) is 0 Å². The van der Waals surface area contributed by atoms with Gasteiger partial charge in [-0.05, 0) is 19.3 Å². The highest BCUT2D eigenvalue weighted by molar-refractivity contribution is 5.90. The highest BCUT2D eigenvalue weighted by atomic mass is 16.2. The van der Waals surface area contributed by atoms with Crippen molar-refractivity contribution in [3.63, 3.8) is 0 Å². The maximum absolute atomic E-state index is 11.3. The third-order valence-corrected chi connectivity index (χ3v) is 2.41. The lowest BCUT2D eigenvalue weighted by Crippen LogP contribution is -2.40. The summed E-state index contributed by atoms with van der Waals surface area (Å²) in [6.45, 7) is 3.75. The predicted octanol–water partition coefficient (Wildman–Crippen LogP) is 1.27. The van der Waals surface area contributed by atoms with E-state index in [1.54, 1.807) is 0 Å². The number of hydrogen-bond donors (Lipinski definition) is 1. The van der Waals surface area contributed by atoms with E-state index in [1.807, 2.05) is 13.8 Å². The number of rotatable bonds is 5. The summed E-state index contributed by atoms with van der Waals surface area (Å²) in [5, 5.41) is 2.79. The van der Waals surface area contributed by atoms with Crippen molar-refractivity contribution in [1.29, 1.82) is 0 Å². The highest BCUT2D eigenvalue weighted by Crippen LogP contribution is 2.28. The molecule has 1 aliphatic carbocycles. The summed E-state index contributed by atoms with van der Waals surface area (Å²) >= 11 is 0. The summed E-state index contributed by atoms with van der Waals surface area (Å²) in [5.74, 6) is 0.392. The first-order valence-corrected chi connectivity index (χ1v) is 5.02. The van der Waals surface area contributed by atoms with E-state index in [-0.39, 0.29) is 23.7 Å². The number of carbonyl (C=O) groups excluding carboxylic acids is 2. The van der Waals surface area contributed by atoms with E-state index >= 15 is 0 Å². The van der Waals surface area contributed by atoms with Crippen molar-refractivity contribution in [2.24, 2.45) is 5.92 Å². The number of carbonyl (C=O) groups is 2. The highest BCUT2D eigenvalue weighted by Gasteiger charge is 2.31. The molecule has 1 N–H and O–H groups in total. The van der Waals surface area contributed by atoms with E-state index in [1.165, 1.54) is 0 Å². The standard InChI is InChI=1S/C10H17NO2/c1-3-8(9(12)4-2)11-10(13)7-5-6-7/h7-8H,3-6H2,1-2H3,(H,11,13). The molecule has 3 nitrogen and oxygen atoms in total. The third kappa shape index (κ3) is 2.83. The van der Waals surface area contributed by atoms with E-state index in [4.69, 9.17) is 0 Å². The molecule has 1 aliphatic rings. The summed E-state index contributed by atoms with van der Waals surface area (Å²) in [6.07, 6.45) is 3.18. The second-order valence-corrected chi connectivity index (χ2v) is 3.56. The molecular weight excluding hydrogens is 166 g/mol. The fourth-order valence-corrected chi connectivity index (χ4v) is 1.29. The van der Waals surface area contributed by atoms with Crippen molar-refractivity contribution in [3.05, 3.63) is 0 Å². The van der Waals surface area contributed by atoms with Gasteiger partial charge in [0.1, 0.15) is 0 Å². The summed E-state index contributed by atoms with van der Waals surface area (Å²) in [6, 6.07) is -0.252. The average molecular weight is 183 g/mol. The van der Waals surface area contributed by atoms with Gasteiger partial charge in [0, 0.05) is 12.3 Å². The van der Waals surface area contributed by atoms with Gasteiger partial charge in [-0.2, -0.15) is 0 Å². The van der Waals surface area contributed by atoms with Crippen LogP contribution >= 0.6 is 0 Å². The van der Waals surface area contributed by atoms with Crippen molar-refractivity contribution in [2.45, 2.75) is 45.6 Å². The van der Waals surface area contributed by atoms with Crippen LogP contribution in [-0.2, 0) is 9.59 Å². The van der Waals surface area contributed by atoms with E-state index in [2.05, 4.69) is 5.32 Å². The minimum atomic E-state index is -0.252. The zero-order valence-corrected chi connectivity index (χ0v) is 8.30. The Balaban J connectivity index is 2.37. The monoisotopic (exact) mass is 183 g/mol. The van der Waals surface area contributed by atoms with E-state index in [9.17, 15) is 9.59 Å². The summed E-state index contributed by atoms with van der Waals surface area (Å²) in [7, 11) is 0. The molecule has 0 radical (unpaired) electrons. The number of ketones is 1. The number of Topliss-reactive ketones (excluding diaryl/α,β-unsaturated/α-hetero) is 1. The molecule has 1 rings (SSSR count). The van der Waals surface area contributed by atoms with E-state index in [0.717, 1.165) is 12.8 Å². The second kappa shape index (κ2) is 4.40. The SMILES string of the molecule is CCC(=O)C(CC)NC(=O)C1CC1. The van der Waals surface area contributed by atoms with Crippen molar-refractivity contribution in [3.8, 4) is 0 Å². The fraction of sp³-hybridized carbons (Fsp3) is 0.800. The van der Waals surface area contributed by atoms with Crippen molar-refractivity contribution < 1.29 is 9.59 Å². The van der Waals surface area contributed by atoms with Crippen molar-refractivity contribution >= 4 is 11.7 Å². The quantitative estimate of drug-likeness (QED) is 0.697. The van der Waals surface area contributed by atoms with Gasteiger partial charge in [0.25, 0.3) is 0 Å². The van der Waals surface area contributed by atoms with Crippen LogP contribution in [0.25, 0.3) is 0 Å². The molecule has 1 fully saturated rings. The Kier molecular flexibility index (Phi) is 3.46. The molecule has 0 aromatic heterocycles. The number of nitrogens with one attached hydrogen (secondary N) is 1. The smallest absolute Gasteiger partial charge is 0.223 e. The second-order valence-electron chi connectivity index (χ2n) is 3.56. The van der Waals surface area contributed by atoms with Crippen LogP contribution < -0.4 is 5.32 Å². The molecule has 0 heterocycles. The molecule has 0 aromatic rings. The van der Waals surface area contributed by atoms with Crippen LogP contribution in [0.1, 0.15) is 39.5 Å². The average Bonchev–Trinajstić information content (AvgIpc) is 2.95. The summed E-state index contributed by atoms with van der Waals surface area (Å²) in [5.41, 5.74) is 0. The molecule has 3 heteroatoms. The molecule has 0 bridgehead atoms. The molecular formula is C10H17NO2. The molecule has 0 spiro atoms. The van der Waals surface area contributed by atoms with Gasteiger partial charge < -0.3 is 5.32 Å². The maximum Gasteiger partial charge on any atom is 0.223 e.